The number of benzene rings is 1. The average molecular weight is 261 g/mol. The van der Waals surface area contributed by atoms with Crippen molar-refractivity contribution in [3.8, 4) is 11.5 Å². The van der Waals surface area contributed by atoms with E-state index in [1.807, 2.05) is 6.92 Å². The summed E-state index contributed by atoms with van der Waals surface area (Å²) in [6, 6.07) is 7.41. The van der Waals surface area contributed by atoms with Crippen LogP contribution in [0, 0.1) is 12.7 Å². The largest absolute Gasteiger partial charge is 0.490 e. The zero-order chi connectivity index (χ0) is 13.8. The highest BCUT2D eigenvalue weighted by Gasteiger charge is 2.15. The highest BCUT2D eigenvalue weighted by Crippen LogP contribution is 2.30. The van der Waals surface area contributed by atoms with Gasteiger partial charge in [0, 0.05) is 11.9 Å². The smallest absolute Gasteiger partial charge is 0.345 e. The Kier molecular flexibility index (Phi) is 3.75. The lowest BCUT2D eigenvalue weighted by Crippen LogP contribution is -2.10. The van der Waals surface area contributed by atoms with Crippen molar-refractivity contribution in [1.82, 2.24) is 4.98 Å². The number of methoxy groups -OCH3 is 1. The number of carbonyl (C=O) groups is 1. The summed E-state index contributed by atoms with van der Waals surface area (Å²) >= 11 is 0. The molecular weight excluding hydrogens is 249 g/mol. The Morgan fingerprint density at radius 3 is 2.68 bits per heavy atom. The molecule has 1 heterocycles. The Balaban J connectivity index is 2.24. The van der Waals surface area contributed by atoms with Crippen LogP contribution in [0.3, 0.4) is 0 Å². The highest BCUT2D eigenvalue weighted by atomic mass is 19.1. The minimum absolute atomic E-state index is 0.0353. The fourth-order valence-corrected chi connectivity index (χ4v) is 1.51. The number of hydrogen-bond acceptors (Lipinski definition) is 4. The molecular formula is C14H12FNO3. The Hall–Kier alpha value is -2.43. The minimum Gasteiger partial charge on any atom is -0.490 e. The highest BCUT2D eigenvalue weighted by molar-refractivity contribution is 5.91. The number of ether oxygens (including phenoxy) is 2. The maximum atomic E-state index is 13.4. The predicted molar refractivity (Wildman–Crippen MR) is 66.9 cm³/mol. The van der Waals surface area contributed by atoms with E-state index < -0.39 is 11.8 Å². The van der Waals surface area contributed by atoms with Gasteiger partial charge in [-0.05, 0) is 31.2 Å². The number of nitrogens with zero attached hydrogens (tertiary/aromatic N) is 1. The number of rotatable bonds is 3. The standard InChI is InChI=1S/C14H12FNO3/c1-9-6-7-10(8-16-9)14(17)19-12-5-3-4-11(15)13(12)18-2/h3-8H,1-2H3. The van der Waals surface area contributed by atoms with E-state index in [1.165, 1.54) is 31.5 Å². The molecule has 0 atom stereocenters. The molecule has 2 aromatic rings. The Labute approximate surface area is 109 Å². The lowest BCUT2D eigenvalue weighted by molar-refractivity contribution is 0.0728. The lowest BCUT2D eigenvalue weighted by atomic mass is 10.2. The first-order chi connectivity index (χ1) is 9.11. The Morgan fingerprint density at radius 2 is 2.05 bits per heavy atom. The van der Waals surface area contributed by atoms with Crippen LogP contribution in [0.5, 0.6) is 11.5 Å². The summed E-state index contributed by atoms with van der Waals surface area (Å²) in [5.74, 6) is -1.27. The molecule has 5 heteroatoms. The number of carbonyl (C=O) groups excluding carboxylic acids is 1. The van der Waals surface area contributed by atoms with Gasteiger partial charge in [0.15, 0.2) is 17.3 Å². The van der Waals surface area contributed by atoms with E-state index in [4.69, 9.17) is 9.47 Å². The second-order valence-electron chi connectivity index (χ2n) is 3.85. The van der Waals surface area contributed by atoms with Gasteiger partial charge in [-0.3, -0.25) is 4.98 Å². The summed E-state index contributed by atoms with van der Waals surface area (Å²) in [6.07, 6.45) is 1.41. The van der Waals surface area contributed by atoms with Crippen molar-refractivity contribution in [3.63, 3.8) is 0 Å². The van der Waals surface area contributed by atoms with E-state index >= 15 is 0 Å². The summed E-state index contributed by atoms with van der Waals surface area (Å²) in [6.45, 7) is 1.81. The molecule has 0 spiro atoms. The lowest BCUT2D eigenvalue weighted by Gasteiger charge is -2.09. The van der Waals surface area contributed by atoms with E-state index in [1.54, 1.807) is 12.1 Å². The molecule has 98 valence electrons. The SMILES string of the molecule is COc1c(F)cccc1OC(=O)c1ccc(C)nc1. The topological polar surface area (TPSA) is 48.4 Å². The molecule has 0 fully saturated rings. The van der Waals surface area contributed by atoms with Crippen molar-refractivity contribution in [2.45, 2.75) is 6.92 Å². The molecule has 1 aromatic carbocycles. The van der Waals surface area contributed by atoms with Crippen LogP contribution in [0.4, 0.5) is 4.39 Å². The van der Waals surface area contributed by atoms with Gasteiger partial charge in [0.2, 0.25) is 0 Å². The molecule has 0 aliphatic heterocycles. The van der Waals surface area contributed by atoms with E-state index in [0.717, 1.165) is 5.69 Å². The van der Waals surface area contributed by atoms with Crippen LogP contribution in [-0.2, 0) is 0 Å². The first-order valence-corrected chi connectivity index (χ1v) is 5.59. The van der Waals surface area contributed by atoms with Gasteiger partial charge in [-0.15, -0.1) is 0 Å². The summed E-state index contributed by atoms with van der Waals surface area (Å²) in [5, 5.41) is 0. The summed E-state index contributed by atoms with van der Waals surface area (Å²) in [5.41, 5.74) is 1.08. The van der Waals surface area contributed by atoms with Crippen LogP contribution in [0.25, 0.3) is 0 Å². The normalized spacial score (nSPS) is 10.1. The maximum absolute atomic E-state index is 13.4. The van der Waals surface area contributed by atoms with E-state index in [9.17, 15) is 9.18 Å². The van der Waals surface area contributed by atoms with Gasteiger partial charge in [0.05, 0.1) is 12.7 Å². The Bertz CT molecular complexity index is 596. The third-order valence-corrected chi connectivity index (χ3v) is 2.48. The van der Waals surface area contributed by atoms with Gasteiger partial charge in [-0.1, -0.05) is 6.07 Å². The van der Waals surface area contributed by atoms with Crippen LogP contribution >= 0.6 is 0 Å². The van der Waals surface area contributed by atoms with Gasteiger partial charge in [-0.2, -0.15) is 0 Å². The van der Waals surface area contributed by atoms with Crippen LogP contribution in [0.1, 0.15) is 16.1 Å². The van der Waals surface area contributed by atoms with Crippen LogP contribution in [0.15, 0.2) is 36.5 Å². The minimum atomic E-state index is -0.614. The van der Waals surface area contributed by atoms with Crippen molar-refractivity contribution in [1.29, 1.82) is 0 Å². The predicted octanol–water partition coefficient (Wildman–Crippen LogP) is 2.76. The van der Waals surface area contributed by atoms with Crippen molar-refractivity contribution >= 4 is 5.97 Å². The third kappa shape index (κ3) is 2.88. The van der Waals surface area contributed by atoms with Crippen LogP contribution in [0.2, 0.25) is 0 Å². The summed E-state index contributed by atoms with van der Waals surface area (Å²) < 4.78 is 23.4. The molecule has 0 radical (unpaired) electrons. The molecule has 1 aromatic heterocycles. The zero-order valence-corrected chi connectivity index (χ0v) is 10.5. The summed E-state index contributed by atoms with van der Waals surface area (Å²) in [7, 11) is 1.31. The number of esters is 1. The quantitative estimate of drug-likeness (QED) is 0.629. The molecule has 19 heavy (non-hydrogen) atoms. The third-order valence-electron chi connectivity index (χ3n) is 2.48. The molecule has 4 nitrogen and oxygen atoms in total. The van der Waals surface area contributed by atoms with Gasteiger partial charge < -0.3 is 9.47 Å². The number of aromatic nitrogens is 1. The molecule has 0 N–H and O–H groups in total. The molecule has 0 amide bonds. The number of pyridine rings is 1. The number of aryl methyl sites for hydroxylation is 1. The van der Waals surface area contributed by atoms with Gasteiger partial charge >= 0.3 is 5.97 Å². The summed E-state index contributed by atoms with van der Waals surface area (Å²) in [4.78, 5) is 15.9. The number of halogens is 1. The van der Waals surface area contributed by atoms with Crippen molar-refractivity contribution in [2.24, 2.45) is 0 Å². The van der Waals surface area contributed by atoms with Gasteiger partial charge in [0.1, 0.15) is 0 Å². The zero-order valence-electron chi connectivity index (χ0n) is 10.5. The van der Waals surface area contributed by atoms with E-state index in [2.05, 4.69) is 4.98 Å². The molecule has 2 rings (SSSR count). The number of para-hydroxylation sites is 1. The van der Waals surface area contributed by atoms with Gasteiger partial charge in [-0.25, -0.2) is 9.18 Å². The monoisotopic (exact) mass is 261 g/mol. The molecule has 0 aliphatic rings. The Morgan fingerprint density at radius 1 is 1.26 bits per heavy atom. The number of hydrogen-bond donors (Lipinski definition) is 0. The second kappa shape index (κ2) is 5.48. The molecule has 0 saturated carbocycles. The average Bonchev–Trinajstić information content (AvgIpc) is 2.39. The molecule has 0 saturated heterocycles. The maximum Gasteiger partial charge on any atom is 0.345 e. The fraction of sp³-hybridized carbons (Fsp3) is 0.143. The first-order valence-electron chi connectivity index (χ1n) is 5.59. The van der Waals surface area contributed by atoms with Crippen LogP contribution < -0.4 is 9.47 Å². The first kappa shape index (κ1) is 13.0. The van der Waals surface area contributed by atoms with Crippen molar-refractivity contribution in [2.75, 3.05) is 7.11 Å². The van der Waals surface area contributed by atoms with Crippen LogP contribution in [-0.4, -0.2) is 18.1 Å². The fourth-order valence-electron chi connectivity index (χ4n) is 1.51. The van der Waals surface area contributed by atoms with E-state index in [0.29, 0.717) is 0 Å². The molecule has 0 bridgehead atoms. The molecule has 0 unspecified atom stereocenters. The van der Waals surface area contributed by atoms with Gasteiger partial charge in [0.25, 0.3) is 0 Å². The van der Waals surface area contributed by atoms with Crippen molar-refractivity contribution < 1.29 is 18.7 Å². The van der Waals surface area contributed by atoms with E-state index in [-0.39, 0.29) is 17.1 Å². The van der Waals surface area contributed by atoms with Crippen molar-refractivity contribution in [3.05, 3.63) is 53.6 Å². The second-order valence-corrected chi connectivity index (χ2v) is 3.85. The molecule has 0 aliphatic carbocycles.